The maximum atomic E-state index is 15.3. The van der Waals surface area contributed by atoms with Crippen LogP contribution in [0.3, 0.4) is 0 Å². The Labute approximate surface area is 371 Å². The molecular formula is C48H68O15. The number of carbonyl (C=O) groups excluding carboxylic acids is 5. The van der Waals surface area contributed by atoms with Gasteiger partial charge in [0.2, 0.25) is 23.1 Å². The van der Waals surface area contributed by atoms with E-state index in [-0.39, 0.29) is 31.8 Å². The number of ether oxygens (including phenoxy) is 9. The van der Waals surface area contributed by atoms with Crippen molar-refractivity contribution >= 4 is 30.0 Å². The van der Waals surface area contributed by atoms with Crippen molar-refractivity contribution in [2.75, 3.05) is 0 Å². The Morgan fingerprint density at radius 1 is 0.698 bits per heavy atom. The van der Waals surface area contributed by atoms with Gasteiger partial charge < -0.3 is 47.7 Å². The van der Waals surface area contributed by atoms with Gasteiger partial charge in [0.15, 0.2) is 6.10 Å². The normalized spacial score (nSPS) is 25.9. The molecule has 2 fully saturated rings. The van der Waals surface area contributed by atoms with Crippen LogP contribution in [0, 0.1) is 5.92 Å². The van der Waals surface area contributed by atoms with E-state index in [1.807, 2.05) is 37.3 Å². The Hall–Kier alpha value is -4.57. The lowest BCUT2D eigenvalue weighted by atomic mass is 9.74. The van der Waals surface area contributed by atoms with Gasteiger partial charge in [0, 0.05) is 13.3 Å². The lowest BCUT2D eigenvalue weighted by Crippen LogP contribution is -2.79. The van der Waals surface area contributed by atoms with E-state index in [1.165, 1.54) is 27.7 Å². The van der Waals surface area contributed by atoms with Gasteiger partial charge in [-0.3, -0.25) is 4.79 Å². The predicted octanol–water partition coefficient (Wildman–Crippen LogP) is 7.49. The highest BCUT2D eigenvalue weighted by Gasteiger charge is 2.87. The summed E-state index contributed by atoms with van der Waals surface area (Å²) in [6.45, 7) is 21.7. The average Bonchev–Trinajstić information content (AvgIpc) is 3.36. The minimum Gasteiger partial charge on any atom is -0.462 e. The van der Waals surface area contributed by atoms with E-state index in [0.29, 0.717) is 12.0 Å². The molecule has 4 rings (SSSR count). The first-order chi connectivity index (χ1) is 28.9. The van der Waals surface area contributed by atoms with Gasteiger partial charge in [0.1, 0.15) is 34.6 Å². The van der Waals surface area contributed by atoms with Crippen LogP contribution in [0.25, 0.3) is 0 Å². The van der Waals surface area contributed by atoms with E-state index in [2.05, 4.69) is 0 Å². The third kappa shape index (κ3) is 12.8. The third-order valence-electron chi connectivity index (χ3n) is 9.99. The Morgan fingerprint density at radius 3 is 1.71 bits per heavy atom. The molecule has 2 saturated heterocycles. The molecule has 2 bridgehead atoms. The summed E-state index contributed by atoms with van der Waals surface area (Å²) in [7, 11) is 0. The summed E-state index contributed by atoms with van der Waals surface area (Å²) in [5, 5.41) is 13.3. The van der Waals surface area contributed by atoms with Gasteiger partial charge in [0.25, 0.3) is 0 Å². The summed E-state index contributed by atoms with van der Waals surface area (Å²) in [4.78, 5) is 71.2. The molecule has 2 heterocycles. The highest BCUT2D eigenvalue weighted by molar-refractivity contribution is 5.99. The van der Waals surface area contributed by atoms with Crippen LogP contribution in [-0.4, -0.2) is 98.9 Å². The lowest BCUT2D eigenvalue weighted by molar-refractivity contribution is -0.379. The zero-order valence-corrected chi connectivity index (χ0v) is 39.4. The molecule has 15 heteroatoms. The van der Waals surface area contributed by atoms with Crippen LogP contribution in [-0.2, 0) is 74.8 Å². The molecule has 2 aromatic rings. The highest BCUT2D eigenvalue weighted by atomic mass is 16.8. The van der Waals surface area contributed by atoms with Crippen molar-refractivity contribution in [3.8, 4) is 0 Å². The highest BCUT2D eigenvalue weighted by Crippen LogP contribution is 2.58. The van der Waals surface area contributed by atoms with Crippen molar-refractivity contribution in [1.29, 1.82) is 0 Å². The van der Waals surface area contributed by atoms with Crippen LogP contribution in [0.4, 0.5) is 4.79 Å². The molecule has 0 aromatic heterocycles. The summed E-state index contributed by atoms with van der Waals surface area (Å²) >= 11 is 0. The monoisotopic (exact) mass is 884 g/mol. The SMILES string of the molecule is CC(=O)O[C@H](CCC[C@]12O[C@H](C(=O)OC(C)(C)C)[C@](O)(C(=O)OC(C)(C)C)[C@](C(=O)OC(C)(C)C)(O1)[C@H](OCc1ccccc1)[C@H]2OC(=O)OC(C)(C)C)[C@H](C)Cc1ccccc1. The summed E-state index contributed by atoms with van der Waals surface area (Å²) in [5.41, 5.74) is -9.85. The van der Waals surface area contributed by atoms with Gasteiger partial charge in [-0.2, -0.15) is 0 Å². The molecule has 0 amide bonds. The molecule has 0 unspecified atom stereocenters. The maximum absolute atomic E-state index is 15.3. The minimum atomic E-state index is -3.44. The first-order valence-corrected chi connectivity index (χ1v) is 21.5. The van der Waals surface area contributed by atoms with Crippen LogP contribution in [0.15, 0.2) is 60.7 Å². The largest absolute Gasteiger partial charge is 0.509 e. The standard InChI is InChI=1S/C48H68O15/c1-30(28-32-22-17-15-18-23-32)34(56-31(2)49)26-21-27-46-35(57-41(53)62-45(12,13)14)36(55-29-33-24-19-16-20-25-33)48(63-46,40(52)61-44(9,10)11)47(54,39(51)60-43(6,7)8)37(58-46)38(50)59-42(3,4)5/h15-20,22-25,30,34-37,54H,21,26-29H2,1-14H3/t30-,34-,35-,36-,37-,46+,47+,48+/m1/s1. The number of aliphatic hydroxyl groups is 1. The first kappa shape index (κ1) is 51.1. The summed E-state index contributed by atoms with van der Waals surface area (Å²) in [6, 6.07) is 18.4. The molecule has 0 spiro atoms. The molecule has 63 heavy (non-hydrogen) atoms. The molecule has 0 saturated carbocycles. The van der Waals surface area contributed by atoms with Crippen molar-refractivity contribution in [1.82, 2.24) is 0 Å². The number of hydrogen-bond acceptors (Lipinski definition) is 15. The van der Waals surface area contributed by atoms with Crippen molar-refractivity contribution in [2.24, 2.45) is 5.92 Å². The fraction of sp³-hybridized carbons (Fsp3) is 0.646. The van der Waals surface area contributed by atoms with Crippen molar-refractivity contribution < 1.29 is 71.7 Å². The number of hydrogen-bond donors (Lipinski definition) is 1. The van der Waals surface area contributed by atoms with Gasteiger partial charge in [-0.05, 0) is 119 Å². The van der Waals surface area contributed by atoms with E-state index in [1.54, 1.807) is 92.6 Å². The Kier molecular flexibility index (Phi) is 15.6. The topological polar surface area (TPSA) is 189 Å². The van der Waals surface area contributed by atoms with Crippen LogP contribution in [0.2, 0.25) is 0 Å². The minimum absolute atomic E-state index is 0.0764. The molecule has 2 aliphatic rings. The second-order valence-electron chi connectivity index (χ2n) is 20.4. The van der Waals surface area contributed by atoms with Gasteiger partial charge in [-0.1, -0.05) is 67.6 Å². The molecule has 2 aliphatic heterocycles. The number of carbonyl (C=O) groups is 5. The quantitative estimate of drug-likeness (QED) is 0.137. The second-order valence-corrected chi connectivity index (χ2v) is 20.4. The zero-order chi connectivity index (χ0) is 47.4. The summed E-state index contributed by atoms with van der Waals surface area (Å²) < 4.78 is 55.1. The van der Waals surface area contributed by atoms with Crippen LogP contribution >= 0.6 is 0 Å². The number of rotatable bonds is 15. The summed E-state index contributed by atoms with van der Waals surface area (Å²) in [6.07, 6.45) is -7.60. The Morgan fingerprint density at radius 2 is 1.21 bits per heavy atom. The zero-order valence-electron chi connectivity index (χ0n) is 39.4. The van der Waals surface area contributed by atoms with Crippen molar-refractivity contribution in [3.05, 3.63) is 71.8 Å². The van der Waals surface area contributed by atoms with E-state index >= 15 is 4.79 Å². The molecule has 15 nitrogen and oxygen atoms in total. The molecule has 2 aromatic carbocycles. The molecule has 8 atom stereocenters. The van der Waals surface area contributed by atoms with E-state index in [4.69, 9.17) is 42.6 Å². The predicted molar refractivity (Wildman–Crippen MR) is 229 cm³/mol. The van der Waals surface area contributed by atoms with Crippen LogP contribution in [0.5, 0.6) is 0 Å². The third-order valence-corrected chi connectivity index (χ3v) is 9.99. The Balaban J connectivity index is 2.02. The van der Waals surface area contributed by atoms with Gasteiger partial charge in [-0.25, -0.2) is 19.2 Å². The van der Waals surface area contributed by atoms with E-state index in [0.717, 1.165) is 5.56 Å². The molecule has 0 radical (unpaired) electrons. The summed E-state index contributed by atoms with van der Waals surface area (Å²) in [5.74, 6) is -7.23. The number of benzene rings is 2. The van der Waals surface area contributed by atoms with E-state index in [9.17, 15) is 24.3 Å². The van der Waals surface area contributed by atoms with Crippen LogP contribution < -0.4 is 0 Å². The first-order valence-electron chi connectivity index (χ1n) is 21.5. The number of fused-ring (bicyclic) bond motifs is 2. The van der Waals surface area contributed by atoms with Crippen molar-refractivity contribution in [3.63, 3.8) is 0 Å². The smallest absolute Gasteiger partial charge is 0.462 e. The Bertz CT molecular complexity index is 1910. The van der Waals surface area contributed by atoms with Gasteiger partial charge in [0.05, 0.1) is 6.61 Å². The number of esters is 4. The second kappa shape index (κ2) is 19.3. The van der Waals surface area contributed by atoms with Crippen molar-refractivity contribution in [2.45, 2.75) is 193 Å². The van der Waals surface area contributed by atoms with E-state index < -0.39 is 93.8 Å². The molecule has 0 aliphatic carbocycles. The maximum Gasteiger partial charge on any atom is 0.509 e. The van der Waals surface area contributed by atoms with Gasteiger partial charge >= 0.3 is 30.0 Å². The fourth-order valence-electron chi connectivity index (χ4n) is 7.64. The molecular weight excluding hydrogens is 817 g/mol. The molecule has 350 valence electrons. The van der Waals surface area contributed by atoms with Crippen LogP contribution in [0.1, 0.15) is 127 Å². The lowest BCUT2D eigenvalue weighted by Gasteiger charge is -2.51. The fourth-order valence-corrected chi connectivity index (χ4v) is 7.64. The average molecular weight is 885 g/mol. The molecule has 1 N–H and O–H groups in total. The van der Waals surface area contributed by atoms with Gasteiger partial charge in [-0.15, -0.1) is 0 Å².